The van der Waals surface area contributed by atoms with E-state index in [0.29, 0.717) is 15.2 Å². The van der Waals surface area contributed by atoms with E-state index in [2.05, 4.69) is 10.9 Å². The van der Waals surface area contributed by atoms with Crippen molar-refractivity contribution in [3.05, 3.63) is 52.2 Å². The van der Waals surface area contributed by atoms with E-state index in [4.69, 9.17) is 4.74 Å². The predicted molar refractivity (Wildman–Crippen MR) is 99.5 cm³/mol. The first-order chi connectivity index (χ1) is 11.7. The molecular formula is C16H16N2O3S3. The van der Waals surface area contributed by atoms with Crippen LogP contribution in [0.5, 0.6) is 5.75 Å². The van der Waals surface area contributed by atoms with Crippen LogP contribution in [0.15, 0.2) is 41.8 Å². The van der Waals surface area contributed by atoms with Crippen molar-refractivity contribution in [2.45, 2.75) is 4.58 Å². The van der Waals surface area contributed by atoms with Gasteiger partial charge in [-0.1, -0.05) is 18.2 Å². The fraction of sp³-hybridized carbons (Fsp3) is 0.250. The molecule has 0 aliphatic carbocycles. The lowest BCUT2D eigenvalue weighted by Crippen LogP contribution is -2.43. The summed E-state index contributed by atoms with van der Waals surface area (Å²) in [7, 11) is 0. The lowest BCUT2D eigenvalue weighted by atomic mass is 10.2. The van der Waals surface area contributed by atoms with Crippen LogP contribution in [0.25, 0.3) is 0 Å². The van der Waals surface area contributed by atoms with Gasteiger partial charge in [-0.25, -0.2) is 0 Å². The standard InChI is InChI=1S/C16H16N2O3S3/c19-14(17-18-15(20)13-2-1-7-22-13)10-21-12-5-3-11(4-6-12)16-23-8-9-24-16/h1-7,16H,8-10H2,(H,17,19)(H,18,20). The lowest BCUT2D eigenvalue weighted by molar-refractivity contribution is -0.123. The number of rotatable bonds is 5. The van der Waals surface area contributed by atoms with Gasteiger partial charge in [-0.2, -0.15) is 0 Å². The van der Waals surface area contributed by atoms with Crippen LogP contribution in [0.3, 0.4) is 0 Å². The van der Waals surface area contributed by atoms with Crippen molar-refractivity contribution in [3.63, 3.8) is 0 Å². The van der Waals surface area contributed by atoms with Gasteiger partial charge in [-0.3, -0.25) is 20.4 Å². The second-order valence-corrected chi connectivity index (χ2v) is 8.58. The molecule has 1 aromatic heterocycles. The quantitative estimate of drug-likeness (QED) is 0.781. The summed E-state index contributed by atoms with van der Waals surface area (Å²) in [6, 6.07) is 11.3. The van der Waals surface area contributed by atoms with Crippen molar-refractivity contribution in [1.29, 1.82) is 0 Å². The maximum absolute atomic E-state index is 11.7. The second-order valence-electron chi connectivity index (χ2n) is 4.91. The summed E-state index contributed by atoms with van der Waals surface area (Å²) >= 11 is 5.20. The molecule has 1 saturated heterocycles. The Morgan fingerprint density at radius 2 is 1.83 bits per heavy atom. The summed E-state index contributed by atoms with van der Waals surface area (Å²) in [5.74, 6) is 2.25. The Morgan fingerprint density at radius 1 is 1.08 bits per heavy atom. The Morgan fingerprint density at radius 3 is 2.50 bits per heavy atom. The molecule has 5 nitrogen and oxygen atoms in total. The molecule has 0 bridgehead atoms. The van der Waals surface area contributed by atoms with Crippen LogP contribution in [-0.2, 0) is 4.79 Å². The van der Waals surface area contributed by atoms with Gasteiger partial charge in [0.1, 0.15) is 5.75 Å². The molecule has 0 spiro atoms. The highest BCUT2D eigenvalue weighted by Gasteiger charge is 2.18. The number of nitrogens with one attached hydrogen (secondary N) is 2. The van der Waals surface area contributed by atoms with Crippen molar-refractivity contribution < 1.29 is 14.3 Å². The molecular weight excluding hydrogens is 364 g/mol. The smallest absolute Gasteiger partial charge is 0.279 e. The summed E-state index contributed by atoms with van der Waals surface area (Å²) < 4.78 is 5.93. The molecule has 3 rings (SSSR count). The van der Waals surface area contributed by atoms with Crippen LogP contribution in [-0.4, -0.2) is 29.9 Å². The first-order valence-corrected chi connectivity index (χ1v) is 10.3. The average Bonchev–Trinajstić information content (AvgIpc) is 3.31. The molecule has 1 aliphatic rings. The van der Waals surface area contributed by atoms with E-state index in [1.807, 2.05) is 47.8 Å². The Balaban J connectivity index is 1.41. The highest BCUT2D eigenvalue weighted by atomic mass is 32.2. The van der Waals surface area contributed by atoms with Gasteiger partial charge in [0.15, 0.2) is 6.61 Å². The molecule has 0 unspecified atom stereocenters. The van der Waals surface area contributed by atoms with Gasteiger partial charge < -0.3 is 4.74 Å². The normalized spacial score (nSPS) is 14.3. The predicted octanol–water partition coefficient (Wildman–Crippen LogP) is 3.07. The molecule has 2 N–H and O–H groups in total. The molecule has 126 valence electrons. The maximum atomic E-state index is 11.7. The molecule has 24 heavy (non-hydrogen) atoms. The van der Waals surface area contributed by atoms with Crippen molar-refractivity contribution in [2.24, 2.45) is 0 Å². The van der Waals surface area contributed by atoms with Crippen LogP contribution in [0, 0.1) is 0 Å². The van der Waals surface area contributed by atoms with Crippen molar-refractivity contribution in [2.75, 3.05) is 18.1 Å². The monoisotopic (exact) mass is 380 g/mol. The number of carbonyl (C=O) groups is 2. The second kappa shape index (κ2) is 8.46. The number of ether oxygens (including phenoxy) is 1. The number of benzene rings is 1. The van der Waals surface area contributed by atoms with Gasteiger partial charge in [-0.05, 0) is 29.1 Å². The lowest BCUT2D eigenvalue weighted by Gasteiger charge is -2.10. The molecule has 0 saturated carbocycles. The Hall–Kier alpha value is -1.64. The molecule has 1 aliphatic heterocycles. The van der Waals surface area contributed by atoms with Crippen molar-refractivity contribution in [3.8, 4) is 5.75 Å². The number of thiophene rings is 1. The molecule has 0 radical (unpaired) electrons. The maximum Gasteiger partial charge on any atom is 0.279 e. The summed E-state index contributed by atoms with van der Waals surface area (Å²) in [5.41, 5.74) is 5.95. The first kappa shape index (κ1) is 17.2. The van der Waals surface area contributed by atoms with E-state index >= 15 is 0 Å². The summed E-state index contributed by atoms with van der Waals surface area (Å²) in [6.07, 6.45) is 0. The average molecular weight is 381 g/mol. The highest BCUT2D eigenvalue weighted by Crippen LogP contribution is 2.45. The topological polar surface area (TPSA) is 67.4 Å². The zero-order valence-electron chi connectivity index (χ0n) is 12.7. The molecule has 1 aromatic carbocycles. The summed E-state index contributed by atoms with van der Waals surface area (Å²) in [5, 5.41) is 1.80. The number of amides is 2. The third-order valence-electron chi connectivity index (χ3n) is 3.20. The third-order valence-corrected chi connectivity index (χ3v) is 7.18. The van der Waals surface area contributed by atoms with E-state index in [1.54, 1.807) is 17.5 Å². The van der Waals surface area contributed by atoms with E-state index in [9.17, 15) is 9.59 Å². The minimum absolute atomic E-state index is 0.156. The Kier molecular flexibility index (Phi) is 6.06. The molecule has 8 heteroatoms. The molecule has 2 aromatic rings. The van der Waals surface area contributed by atoms with Gasteiger partial charge in [-0.15, -0.1) is 34.9 Å². The zero-order valence-corrected chi connectivity index (χ0v) is 15.1. The SMILES string of the molecule is O=C(COc1ccc(C2SCCS2)cc1)NNC(=O)c1cccs1. The van der Waals surface area contributed by atoms with Gasteiger partial charge >= 0.3 is 0 Å². The van der Waals surface area contributed by atoms with E-state index in [-0.39, 0.29) is 12.5 Å². The number of hydrogen-bond acceptors (Lipinski definition) is 6. The minimum atomic E-state index is -0.411. The Bertz CT molecular complexity index is 683. The fourth-order valence-electron chi connectivity index (χ4n) is 2.05. The Labute approximate surface area is 152 Å². The molecule has 0 atom stereocenters. The van der Waals surface area contributed by atoms with E-state index < -0.39 is 5.91 Å². The number of hydrogen-bond donors (Lipinski definition) is 2. The molecule has 2 amide bonds. The summed E-state index contributed by atoms with van der Waals surface area (Å²) in [6.45, 7) is -0.156. The van der Waals surface area contributed by atoms with Crippen LogP contribution in [0.1, 0.15) is 19.8 Å². The van der Waals surface area contributed by atoms with Crippen LogP contribution in [0.2, 0.25) is 0 Å². The first-order valence-electron chi connectivity index (χ1n) is 7.31. The van der Waals surface area contributed by atoms with Crippen LogP contribution in [0.4, 0.5) is 0 Å². The van der Waals surface area contributed by atoms with Gasteiger partial charge in [0.25, 0.3) is 11.8 Å². The number of thioether (sulfide) groups is 2. The largest absolute Gasteiger partial charge is 0.484 e. The zero-order chi connectivity index (χ0) is 16.8. The molecule has 2 heterocycles. The van der Waals surface area contributed by atoms with E-state index in [1.165, 1.54) is 28.4 Å². The van der Waals surface area contributed by atoms with Gasteiger partial charge in [0, 0.05) is 11.5 Å². The van der Waals surface area contributed by atoms with Crippen LogP contribution < -0.4 is 15.6 Å². The summed E-state index contributed by atoms with van der Waals surface area (Å²) in [4.78, 5) is 23.9. The van der Waals surface area contributed by atoms with Crippen molar-refractivity contribution in [1.82, 2.24) is 10.9 Å². The van der Waals surface area contributed by atoms with Gasteiger partial charge in [0.2, 0.25) is 0 Å². The van der Waals surface area contributed by atoms with Crippen molar-refractivity contribution >= 4 is 46.7 Å². The third kappa shape index (κ3) is 4.68. The van der Waals surface area contributed by atoms with Gasteiger partial charge in [0.05, 0.1) is 9.46 Å². The minimum Gasteiger partial charge on any atom is -0.484 e. The van der Waals surface area contributed by atoms with Crippen LogP contribution >= 0.6 is 34.9 Å². The number of carbonyl (C=O) groups excluding carboxylic acids is 2. The molecule has 1 fully saturated rings. The van der Waals surface area contributed by atoms with E-state index in [0.717, 1.165) is 0 Å². The highest BCUT2D eigenvalue weighted by molar-refractivity contribution is 8.19. The fourth-order valence-corrected chi connectivity index (χ4v) is 5.53. The number of hydrazine groups is 1.